The average molecular weight is 793 g/mol. The van der Waals surface area contributed by atoms with Crippen molar-refractivity contribution in [1.29, 1.82) is 0 Å². The normalized spacial score (nSPS) is 28.1. The molecule has 4 N–H and O–H groups in total. The summed E-state index contributed by atoms with van der Waals surface area (Å²) in [5, 5.41) is 29.8. The molecule has 5 rings (SSSR count). The number of hydrogen-bond donors (Lipinski definition) is 4. The summed E-state index contributed by atoms with van der Waals surface area (Å²) in [6.45, 7) is 24.1. The number of methoxy groups -OCH3 is 1. The minimum absolute atomic E-state index is 0.0118. The summed E-state index contributed by atoms with van der Waals surface area (Å²) in [5.74, 6) is 1.15. The van der Waals surface area contributed by atoms with Gasteiger partial charge >= 0.3 is 0 Å². The third-order valence-electron chi connectivity index (χ3n) is 13.3. The van der Waals surface area contributed by atoms with Crippen LogP contribution in [0.25, 0.3) is 11.1 Å². The van der Waals surface area contributed by atoms with E-state index in [1.165, 1.54) is 0 Å². The summed E-state index contributed by atoms with van der Waals surface area (Å²) in [7, 11) is 5.65. The van der Waals surface area contributed by atoms with Gasteiger partial charge in [-0.25, -0.2) is 0 Å². The Kier molecular flexibility index (Phi) is 13.5. The summed E-state index contributed by atoms with van der Waals surface area (Å²) < 4.78 is 12.6. The molecule has 11 nitrogen and oxygen atoms in total. The van der Waals surface area contributed by atoms with Crippen molar-refractivity contribution in [3.05, 3.63) is 47.0 Å². The van der Waals surface area contributed by atoms with Crippen molar-refractivity contribution < 1.29 is 34.1 Å². The van der Waals surface area contributed by atoms with Crippen LogP contribution in [0.4, 0.5) is 0 Å². The van der Waals surface area contributed by atoms with Gasteiger partial charge in [0.2, 0.25) is 5.91 Å². The van der Waals surface area contributed by atoms with Gasteiger partial charge in [0.05, 0.1) is 31.9 Å². The van der Waals surface area contributed by atoms with Gasteiger partial charge in [-0.3, -0.25) is 14.4 Å². The topological polar surface area (TPSA) is 133 Å². The molecule has 2 aromatic rings. The average Bonchev–Trinajstić information content (AvgIpc) is 3.63. The molecular formula is C46H72N4O7. The van der Waals surface area contributed by atoms with Crippen molar-refractivity contribution in [3.8, 4) is 22.6 Å². The Morgan fingerprint density at radius 1 is 1.11 bits per heavy atom. The molecule has 2 aliphatic heterocycles. The summed E-state index contributed by atoms with van der Waals surface area (Å²) >= 11 is 0. The predicted molar refractivity (Wildman–Crippen MR) is 225 cm³/mol. The summed E-state index contributed by atoms with van der Waals surface area (Å²) in [4.78, 5) is 37.1. The number of nitrogens with one attached hydrogen (secondary N) is 2. The van der Waals surface area contributed by atoms with E-state index in [9.17, 15) is 19.8 Å². The number of likely N-dealkylation sites (N-methyl/N-ethyl adjacent to an activating group) is 1. The van der Waals surface area contributed by atoms with Crippen LogP contribution in [0.3, 0.4) is 0 Å². The predicted octanol–water partition coefficient (Wildman–Crippen LogP) is 6.47. The van der Waals surface area contributed by atoms with E-state index in [0.29, 0.717) is 41.9 Å². The van der Waals surface area contributed by atoms with Crippen molar-refractivity contribution in [2.75, 3.05) is 34.4 Å². The Hall–Kier alpha value is -3.22. The number of aliphatic hydroxyl groups excluding tert-OH is 2. The van der Waals surface area contributed by atoms with Gasteiger partial charge in [-0.2, -0.15) is 5.06 Å². The Balaban J connectivity index is 1.50. The van der Waals surface area contributed by atoms with Crippen molar-refractivity contribution in [1.82, 2.24) is 20.6 Å². The number of fused-ring (bicyclic) bond motifs is 1. The highest BCUT2D eigenvalue weighted by Crippen LogP contribution is 2.48. The smallest absolute Gasteiger partial charge is 0.255 e. The fraction of sp³-hybridized carbons (Fsp3) is 0.696. The second-order valence-electron chi connectivity index (χ2n) is 20.1. The van der Waals surface area contributed by atoms with E-state index in [2.05, 4.69) is 77.0 Å². The number of benzene rings is 2. The molecular weight excluding hydrogens is 721 g/mol. The van der Waals surface area contributed by atoms with Crippen LogP contribution in [-0.4, -0.2) is 102 Å². The summed E-state index contributed by atoms with van der Waals surface area (Å²) in [6, 6.07) is 8.85. The van der Waals surface area contributed by atoms with E-state index in [4.69, 9.17) is 14.3 Å². The number of hydrogen-bond acceptors (Lipinski definition) is 9. The van der Waals surface area contributed by atoms with Crippen molar-refractivity contribution in [3.63, 3.8) is 0 Å². The molecule has 2 heterocycles. The number of carbonyl (C=O) groups is 2. The molecule has 0 unspecified atom stereocenters. The minimum Gasteiger partial charge on any atom is -0.496 e. The quantitative estimate of drug-likeness (QED) is 0.180. The van der Waals surface area contributed by atoms with Gasteiger partial charge in [0.25, 0.3) is 5.91 Å². The van der Waals surface area contributed by atoms with E-state index < -0.39 is 29.8 Å². The molecule has 0 aromatic heterocycles. The lowest BCUT2D eigenvalue weighted by atomic mass is 9.58. The first kappa shape index (κ1) is 44.9. The van der Waals surface area contributed by atoms with Gasteiger partial charge in [0, 0.05) is 42.1 Å². The van der Waals surface area contributed by atoms with E-state index >= 15 is 0 Å². The lowest BCUT2D eigenvalue weighted by Crippen LogP contribution is -2.56. The van der Waals surface area contributed by atoms with Crippen LogP contribution in [0.1, 0.15) is 110 Å². The maximum absolute atomic E-state index is 14.4. The zero-order valence-electron chi connectivity index (χ0n) is 37.2. The van der Waals surface area contributed by atoms with Crippen LogP contribution in [0, 0.1) is 34.5 Å². The van der Waals surface area contributed by atoms with Gasteiger partial charge < -0.3 is 35.2 Å². The van der Waals surface area contributed by atoms with E-state index in [-0.39, 0.29) is 53.8 Å². The number of hydroxylamine groups is 2. The van der Waals surface area contributed by atoms with Crippen molar-refractivity contribution in [2.45, 2.75) is 138 Å². The molecule has 11 heteroatoms. The zero-order chi connectivity index (χ0) is 42.4. The largest absolute Gasteiger partial charge is 0.496 e. The third-order valence-corrected chi connectivity index (χ3v) is 13.3. The molecule has 1 aliphatic carbocycles. The molecule has 57 heavy (non-hydrogen) atoms. The molecule has 1 saturated heterocycles. The molecule has 0 bridgehead atoms. The Morgan fingerprint density at radius 3 is 2.39 bits per heavy atom. The monoisotopic (exact) mass is 793 g/mol. The van der Waals surface area contributed by atoms with Crippen molar-refractivity contribution in [2.24, 2.45) is 34.5 Å². The second kappa shape index (κ2) is 17.2. The van der Waals surface area contributed by atoms with Gasteiger partial charge in [-0.05, 0) is 99.6 Å². The van der Waals surface area contributed by atoms with Crippen LogP contribution in [-0.2, 0) is 22.6 Å². The number of carbonyl (C=O) groups excluding carboxylic acids is 2. The molecule has 2 aromatic carbocycles. The minimum atomic E-state index is -0.917. The summed E-state index contributed by atoms with van der Waals surface area (Å²) in [6.07, 6.45) is 0.609. The fourth-order valence-electron chi connectivity index (χ4n) is 9.69. The molecule has 318 valence electrons. The van der Waals surface area contributed by atoms with Crippen LogP contribution in [0.2, 0.25) is 0 Å². The van der Waals surface area contributed by atoms with Gasteiger partial charge in [0.15, 0.2) is 0 Å². The van der Waals surface area contributed by atoms with Crippen LogP contribution < -0.4 is 20.1 Å². The van der Waals surface area contributed by atoms with Gasteiger partial charge in [-0.1, -0.05) is 73.6 Å². The highest BCUT2D eigenvalue weighted by atomic mass is 16.7. The number of amides is 2. The van der Waals surface area contributed by atoms with Gasteiger partial charge in [-0.15, -0.1) is 0 Å². The number of nitrogens with zero attached hydrogens (tertiary/aromatic N) is 2. The lowest BCUT2D eigenvalue weighted by Gasteiger charge is -2.50. The Bertz CT molecular complexity index is 1750. The first-order chi connectivity index (χ1) is 26.5. The van der Waals surface area contributed by atoms with Crippen molar-refractivity contribution >= 4 is 11.8 Å². The Morgan fingerprint density at radius 2 is 1.79 bits per heavy atom. The molecule has 2 fully saturated rings. The number of aliphatic hydroxyl groups is 2. The van der Waals surface area contributed by atoms with E-state index in [1.54, 1.807) is 19.1 Å². The van der Waals surface area contributed by atoms with Crippen LogP contribution in [0.5, 0.6) is 11.5 Å². The maximum atomic E-state index is 14.4. The fourth-order valence-corrected chi connectivity index (χ4v) is 9.69. The number of ether oxygens (including phenoxy) is 2. The molecule has 0 spiro atoms. The second-order valence-corrected chi connectivity index (χ2v) is 20.1. The van der Waals surface area contributed by atoms with Crippen LogP contribution in [0.15, 0.2) is 30.3 Å². The van der Waals surface area contributed by atoms with Gasteiger partial charge in [0.1, 0.15) is 29.2 Å². The highest BCUT2D eigenvalue weighted by Gasteiger charge is 2.51. The standard InChI is InChI=1S/C46H72N4O7/c1-26-18-36(27(2)28(3)46(26,10)11)48-43(54)39-38(29(4)52)37(25-51)57-50(39)23-30-16-15-17-34(40(30)55-14)31-19-32-21-45(8,9)56-41(32)35(20-31)42(53)47-33(24-49(12)13)22-44(5,6)7/h15-17,19-20,26-29,33,36-39,51-52H,18,21-25H2,1-14H3,(H,47,53)(H,48,54)/t26-,27+,28+,29+,33+,36+,37+,38-,39+/m1/s1. The number of para-hydroxylation sites is 1. The SMILES string of the molecule is COc1c(CN2O[C@@H](CO)[C@@H]([C@H](C)O)[C@H]2C(=O)N[C@H]2C[C@@H](C)C(C)(C)[C@@H](C)[C@@H]2C)cccc1-c1cc2c(c(C(=O)N[C@H](CN(C)C)CC(C)(C)C)c1)OC(C)(C)C2. The lowest BCUT2D eigenvalue weighted by molar-refractivity contribution is -0.182. The molecule has 3 aliphatic rings. The van der Waals surface area contributed by atoms with E-state index in [1.807, 2.05) is 52.2 Å². The van der Waals surface area contributed by atoms with Crippen LogP contribution >= 0.6 is 0 Å². The summed E-state index contributed by atoms with van der Waals surface area (Å²) in [5.41, 5.74) is 3.44. The highest BCUT2D eigenvalue weighted by molar-refractivity contribution is 5.99. The molecule has 2 amide bonds. The third kappa shape index (κ3) is 9.81. The van der Waals surface area contributed by atoms with E-state index in [0.717, 1.165) is 35.1 Å². The molecule has 1 saturated carbocycles. The number of rotatable bonds is 13. The molecule has 9 atom stereocenters. The first-order valence-electron chi connectivity index (χ1n) is 21.0. The maximum Gasteiger partial charge on any atom is 0.255 e. The zero-order valence-corrected chi connectivity index (χ0v) is 37.2. The Labute approximate surface area is 342 Å². The molecule has 0 radical (unpaired) electrons. The first-order valence-corrected chi connectivity index (χ1v) is 21.0.